The Morgan fingerprint density at radius 1 is 0.634 bits per heavy atom. The minimum absolute atomic E-state index is 0.0555. The van der Waals surface area contributed by atoms with Crippen LogP contribution < -0.4 is 11.1 Å². The number of nitrogens with two attached hydrogens (primary N) is 1. The molecule has 0 unspecified atom stereocenters. The third-order valence-corrected chi connectivity index (χ3v) is 8.10. The van der Waals surface area contributed by atoms with Gasteiger partial charge in [-0.05, 0) is 97.5 Å². The van der Waals surface area contributed by atoms with Crippen molar-refractivity contribution in [1.29, 1.82) is 0 Å². The number of nitrogens with one attached hydrogen (secondary N) is 1. The number of Topliss-reactive ketones (excluding diaryl/α,β-unsaturated/α-hetero) is 2. The maximum Gasteiger partial charge on any atom is 0.159 e. The van der Waals surface area contributed by atoms with Crippen molar-refractivity contribution in [3.63, 3.8) is 0 Å². The Balaban J connectivity index is 0.000000159. The van der Waals surface area contributed by atoms with E-state index >= 15 is 0 Å². The number of anilines is 1. The van der Waals surface area contributed by atoms with Gasteiger partial charge in [0.25, 0.3) is 0 Å². The number of hydrogen-bond donors (Lipinski definition) is 3. The van der Waals surface area contributed by atoms with E-state index in [1.54, 1.807) is 38.1 Å². The van der Waals surface area contributed by atoms with Crippen molar-refractivity contribution in [3.05, 3.63) is 83.9 Å². The molecule has 0 atom stereocenters. The van der Waals surface area contributed by atoms with Gasteiger partial charge in [0.05, 0.1) is 0 Å². The van der Waals surface area contributed by atoms with Gasteiger partial charge in [0, 0.05) is 28.9 Å². The highest BCUT2D eigenvalue weighted by atomic mass is 16.3. The lowest BCUT2D eigenvalue weighted by atomic mass is 9.95. The fourth-order valence-electron chi connectivity index (χ4n) is 5.62. The number of fused-ring (bicyclic) bond motifs is 2. The zero-order valence-electron chi connectivity index (χ0n) is 24.5. The number of ketones is 2. The zero-order valence-corrected chi connectivity index (χ0v) is 24.5. The van der Waals surface area contributed by atoms with Gasteiger partial charge in [-0.3, -0.25) is 9.59 Å². The first-order chi connectivity index (χ1) is 19.8. The molecule has 0 amide bonds. The van der Waals surface area contributed by atoms with Crippen LogP contribution in [0, 0.1) is 0 Å². The van der Waals surface area contributed by atoms with Gasteiger partial charge >= 0.3 is 0 Å². The number of carbonyl (C=O) groups is 2. The average Bonchev–Trinajstić information content (AvgIpc) is 2.98. The number of aromatic hydroxyl groups is 1. The molecule has 216 valence electrons. The van der Waals surface area contributed by atoms with Gasteiger partial charge < -0.3 is 16.2 Å². The van der Waals surface area contributed by atoms with Crippen LogP contribution in [0.15, 0.2) is 72.8 Å². The Hall–Kier alpha value is -3.70. The van der Waals surface area contributed by atoms with Crippen LogP contribution in [-0.2, 0) is 0 Å². The molecule has 0 aromatic heterocycles. The molecular formula is C36H44N2O3. The smallest absolute Gasteiger partial charge is 0.159 e. The lowest BCUT2D eigenvalue weighted by molar-refractivity contribution is 0.100. The fourth-order valence-corrected chi connectivity index (χ4v) is 5.62. The van der Waals surface area contributed by atoms with E-state index in [2.05, 4.69) is 23.5 Å². The summed E-state index contributed by atoms with van der Waals surface area (Å²) < 4.78 is 0. The molecule has 0 spiro atoms. The van der Waals surface area contributed by atoms with Gasteiger partial charge in [0.1, 0.15) is 5.75 Å². The summed E-state index contributed by atoms with van der Waals surface area (Å²) in [7, 11) is 0. The summed E-state index contributed by atoms with van der Waals surface area (Å²) in [5.74, 6) is 0.421. The van der Waals surface area contributed by atoms with Crippen LogP contribution in [0.25, 0.3) is 21.5 Å². The van der Waals surface area contributed by atoms with Gasteiger partial charge in [-0.2, -0.15) is 0 Å². The van der Waals surface area contributed by atoms with E-state index in [1.165, 1.54) is 75.3 Å². The van der Waals surface area contributed by atoms with Crippen LogP contribution in [0.2, 0.25) is 0 Å². The highest BCUT2D eigenvalue weighted by Crippen LogP contribution is 2.25. The van der Waals surface area contributed by atoms with Crippen molar-refractivity contribution in [2.24, 2.45) is 5.73 Å². The SMILES string of the molecule is CC(=O)c1ccc2cc(NC3CCCCC3)ccc2c1.CC(=O)c1ccc2cc(O)ccc2c1.NC1CCCCC1. The first kappa shape index (κ1) is 30.3. The van der Waals surface area contributed by atoms with Crippen LogP contribution in [-0.4, -0.2) is 28.8 Å². The van der Waals surface area contributed by atoms with Crippen molar-refractivity contribution in [2.45, 2.75) is 90.1 Å². The Labute approximate surface area is 244 Å². The van der Waals surface area contributed by atoms with Gasteiger partial charge in [-0.15, -0.1) is 0 Å². The fraction of sp³-hybridized carbons (Fsp3) is 0.389. The van der Waals surface area contributed by atoms with Crippen molar-refractivity contribution >= 4 is 38.8 Å². The number of rotatable bonds is 4. The summed E-state index contributed by atoms with van der Waals surface area (Å²) in [6, 6.07) is 24.0. The molecule has 0 radical (unpaired) electrons. The lowest BCUT2D eigenvalue weighted by Gasteiger charge is -2.24. The van der Waals surface area contributed by atoms with Gasteiger partial charge in [-0.1, -0.05) is 74.9 Å². The zero-order chi connectivity index (χ0) is 29.2. The highest BCUT2D eigenvalue weighted by Gasteiger charge is 2.13. The van der Waals surface area contributed by atoms with Crippen molar-refractivity contribution in [3.8, 4) is 5.75 Å². The van der Waals surface area contributed by atoms with Gasteiger partial charge in [0.2, 0.25) is 0 Å². The molecule has 4 N–H and O–H groups in total. The van der Waals surface area contributed by atoms with E-state index in [4.69, 9.17) is 5.73 Å². The average molecular weight is 553 g/mol. The standard InChI is InChI=1S/C18H21NO.C12H10O2.C6H13N/c1-13(20)14-7-8-16-12-18(10-9-15(16)11-14)19-17-5-3-2-4-6-17;1-8(13)9-2-3-11-7-12(14)5-4-10(11)6-9;7-6-4-2-1-3-5-6/h7-12,17,19H,2-6H2,1H3;2-7,14H,1H3;6H,1-5,7H2. The number of benzene rings is 4. The topological polar surface area (TPSA) is 92.4 Å². The Morgan fingerprint density at radius 3 is 1.61 bits per heavy atom. The molecule has 2 aliphatic rings. The summed E-state index contributed by atoms with van der Waals surface area (Å²) in [5, 5.41) is 17.1. The minimum atomic E-state index is 0.0555. The van der Waals surface area contributed by atoms with Crippen molar-refractivity contribution in [2.75, 3.05) is 5.32 Å². The van der Waals surface area contributed by atoms with E-state index in [9.17, 15) is 14.7 Å². The number of phenols is 1. The van der Waals surface area contributed by atoms with Gasteiger partial charge in [0.15, 0.2) is 11.6 Å². The van der Waals surface area contributed by atoms with E-state index in [1.807, 2.05) is 30.3 Å². The molecule has 4 aromatic rings. The second-order valence-electron chi connectivity index (χ2n) is 11.5. The third-order valence-electron chi connectivity index (χ3n) is 8.10. The highest BCUT2D eigenvalue weighted by molar-refractivity contribution is 5.99. The van der Waals surface area contributed by atoms with E-state index in [-0.39, 0.29) is 17.3 Å². The molecule has 2 saturated carbocycles. The van der Waals surface area contributed by atoms with E-state index in [0.29, 0.717) is 17.6 Å². The molecule has 41 heavy (non-hydrogen) atoms. The molecule has 0 heterocycles. The molecule has 0 bridgehead atoms. The number of hydrogen-bond acceptors (Lipinski definition) is 5. The van der Waals surface area contributed by atoms with Crippen molar-refractivity contribution in [1.82, 2.24) is 0 Å². The van der Waals surface area contributed by atoms with Crippen LogP contribution in [0.5, 0.6) is 5.75 Å². The number of carbonyl (C=O) groups excluding carboxylic acids is 2. The molecule has 4 aromatic carbocycles. The summed E-state index contributed by atoms with van der Waals surface area (Å²) >= 11 is 0. The molecule has 5 nitrogen and oxygen atoms in total. The van der Waals surface area contributed by atoms with E-state index < -0.39 is 0 Å². The van der Waals surface area contributed by atoms with Crippen LogP contribution >= 0.6 is 0 Å². The predicted molar refractivity (Wildman–Crippen MR) is 171 cm³/mol. The van der Waals surface area contributed by atoms with E-state index in [0.717, 1.165) is 21.7 Å². The summed E-state index contributed by atoms with van der Waals surface area (Å²) in [6.45, 7) is 3.15. The first-order valence-electron chi connectivity index (χ1n) is 15.1. The molecular weight excluding hydrogens is 508 g/mol. The largest absolute Gasteiger partial charge is 0.508 e. The summed E-state index contributed by atoms with van der Waals surface area (Å²) in [4.78, 5) is 22.5. The quantitative estimate of drug-likeness (QED) is 0.220. The molecule has 0 saturated heterocycles. The normalized spacial score (nSPS) is 15.8. The van der Waals surface area contributed by atoms with Crippen LogP contribution in [0.3, 0.4) is 0 Å². The predicted octanol–water partition coefficient (Wildman–Crippen LogP) is 8.81. The second-order valence-corrected chi connectivity index (χ2v) is 11.5. The first-order valence-corrected chi connectivity index (χ1v) is 15.1. The summed E-state index contributed by atoms with van der Waals surface area (Å²) in [5.41, 5.74) is 8.31. The monoisotopic (exact) mass is 552 g/mol. The van der Waals surface area contributed by atoms with Gasteiger partial charge in [-0.25, -0.2) is 0 Å². The Kier molecular flexibility index (Phi) is 10.9. The van der Waals surface area contributed by atoms with Crippen LogP contribution in [0.4, 0.5) is 5.69 Å². The van der Waals surface area contributed by atoms with Crippen molar-refractivity contribution < 1.29 is 14.7 Å². The molecule has 6 rings (SSSR count). The second kappa shape index (κ2) is 14.8. The molecule has 2 aliphatic carbocycles. The van der Waals surface area contributed by atoms with Crippen LogP contribution in [0.1, 0.15) is 98.8 Å². The summed E-state index contributed by atoms with van der Waals surface area (Å²) in [6.07, 6.45) is 13.3. The third kappa shape index (κ3) is 9.15. The Morgan fingerprint density at radius 2 is 1.10 bits per heavy atom. The maximum absolute atomic E-state index is 11.4. The molecule has 2 fully saturated rings. The molecule has 5 heteroatoms. The molecule has 0 aliphatic heterocycles. The lowest BCUT2D eigenvalue weighted by Crippen LogP contribution is -2.22. The number of phenolic OH excluding ortho intramolecular Hbond substituents is 1. The Bertz CT molecular complexity index is 1470. The maximum atomic E-state index is 11.4. The minimum Gasteiger partial charge on any atom is -0.508 e.